The normalized spacial score (nSPS) is 17.0. The number of ketones is 1. The van der Waals surface area contributed by atoms with E-state index in [4.69, 9.17) is 4.74 Å². The summed E-state index contributed by atoms with van der Waals surface area (Å²) in [4.78, 5) is 18.5. The first-order chi connectivity index (χ1) is 15.4. The lowest BCUT2D eigenvalue weighted by Gasteiger charge is -2.25. The van der Waals surface area contributed by atoms with E-state index < -0.39 is 10.0 Å². The number of nitrogens with zero attached hydrogens (tertiary/aromatic N) is 2. The van der Waals surface area contributed by atoms with E-state index in [0.29, 0.717) is 24.1 Å². The highest BCUT2D eigenvalue weighted by atomic mass is 32.2. The monoisotopic (exact) mass is 453 g/mol. The number of pyridine rings is 1. The Balaban J connectivity index is 1.34. The van der Waals surface area contributed by atoms with Gasteiger partial charge in [0.05, 0.1) is 11.5 Å². The molecule has 1 fully saturated rings. The molecule has 4 rings (SSSR count). The molecule has 0 spiro atoms. The number of nitrogens with one attached hydrogen (secondary N) is 1. The number of ether oxygens (including phenoxy) is 1. The fourth-order valence-electron chi connectivity index (χ4n) is 4.08. The second kappa shape index (κ2) is 9.77. The van der Waals surface area contributed by atoms with Gasteiger partial charge in [-0.15, -0.1) is 4.83 Å². The largest absolute Gasteiger partial charge is 0.494 e. The Labute approximate surface area is 188 Å². The van der Waals surface area contributed by atoms with Crippen LogP contribution >= 0.6 is 0 Å². The molecule has 1 saturated heterocycles. The number of hydrogen-bond donors (Lipinski definition) is 1. The van der Waals surface area contributed by atoms with Crippen LogP contribution in [-0.4, -0.2) is 43.4 Å². The van der Waals surface area contributed by atoms with Gasteiger partial charge < -0.3 is 4.74 Å². The smallest absolute Gasteiger partial charge is 0.254 e. The second-order valence-corrected chi connectivity index (χ2v) is 9.64. The summed E-state index contributed by atoms with van der Waals surface area (Å²) in [5, 5.41) is 3.30. The first-order valence-corrected chi connectivity index (χ1v) is 12.3. The molecule has 168 valence electrons. The molecule has 0 aliphatic carbocycles. The fraction of sp³-hybridized carbons (Fsp3) is 0.333. The van der Waals surface area contributed by atoms with Crippen LogP contribution in [0.2, 0.25) is 0 Å². The van der Waals surface area contributed by atoms with Gasteiger partial charge in [-0.2, -0.15) is 0 Å². The van der Waals surface area contributed by atoms with E-state index in [1.165, 1.54) is 6.92 Å². The minimum Gasteiger partial charge on any atom is -0.494 e. The number of sulfonamides is 1. The molecular formula is C24H27N3O4S. The minimum atomic E-state index is -3.70. The quantitative estimate of drug-likeness (QED) is 0.390. The highest BCUT2D eigenvalue weighted by molar-refractivity contribution is 7.89. The van der Waals surface area contributed by atoms with Gasteiger partial charge in [0.15, 0.2) is 5.78 Å². The van der Waals surface area contributed by atoms with E-state index in [2.05, 4.69) is 9.82 Å². The van der Waals surface area contributed by atoms with Gasteiger partial charge in [-0.3, -0.25) is 9.78 Å². The third-order valence-electron chi connectivity index (χ3n) is 5.76. The molecule has 1 aliphatic rings. The van der Waals surface area contributed by atoms with Crippen molar-refractivity contribution in [3.63, 3.8) is 0 Å². The number of carbonyl (C=O) groups excluding carboxylic acids is 1. The van der Waals surface area contributed by atoms with E-state index in [0.717, 1.165) is 36.8 Å². The van der Waals surface area contributed by atoms with Gasteiger partial charge in [-0.25, -0.2) is 13.4 Å². The van der Waals surface area contributed by atoms with Crippen LogP contribution in [0.25, 0.3) is 10.8 Å². The maximum absolute atomic E-state index is 13.1. The number of fused-ring (bicyclic) bond motifs is 1. The molecule has 1 atom stereocenters. The van der Waals surface area contributed by atoms with Gasteiger partial charge in [0.25, 0.3) is 10.0 Å². The number of aromatic nitrogens is 1. The maximum atomic E-state index is 13.1. The summed E-state index contributed by atoms with van der Waals surface area (Å²) in [6.45, 7) is 2.76. The minimum absolute atomic E-state index is 0.0282. The number of rotatable bonds is 9. The van der Waals surface area contributed by atoms with E-state index in [-0.39, 0.29) is 16.7 Å². The zero-order valence-electron chi connectivity index (χ0n) is 18.0. The Morgan fingerprint density at radius 3 is 2.78 bits per heavy atom. The van der Waals surface area contributed by atoms with Crippen LogP contribution in [0.3, 0.4) is 0 Å². The molecule has 32 heavy (non-hydrogen) atoms. The SMILES string of the molecule is CC(=O)c1ccc(OCCCC2CCCN2NS(=O)(=O)c2cccc3cnccc23)cc1. The molecule has 0 bridgehead atoms. The molecule has 2 heterocycles. The maximum Gasteiger partial charge on any atom is 0.254 e. The van der Waals surface area contributed by atoms with Crippen LogP contribution in [0.15, 0.2) is 65.8 Å². The summed E-state index contributed by atoms with van der Waals surface area (Å²) < 4.78 is 32.0. The van der Waals surface area contributed by atoms with Crippen molar-refractivity contribution in [1.82, 2.24) is 14.8 Å². The third kappa shape index (κ3) is 5.15. The van der Waals surface area contributed by atoms with E-state index in [9.17, 15) is 13.2 Å². The molecule has 1 aromatic heterocycles. The Morgan fingerprint density at radius 2 is 2.00 bits per heavy atom. The lowest BCUT2D eigenvalue weighted by molar-refractivity contribution is 0.101. The molecule has 0 saturated carbocycles. The number of Topliss-reactive ketones (excluding diaryl/α,β-unsaturated/α-hetero) is 1. The Bertz CT molecular complexity index is 1190. The summed E-state index contributed by atoms with van der Waals surface area (Å²) in [7, 11) is -3.70. The van der Waals surface area contributed by atoms with Gasteiger partial charge >= 0.3 is 0 Å². The van der Waals surface area contributed by atoms with Crippen molar-refractivity contribution in [1.29, 1.82) is 0 Å². The standard InChI is InChI=1S/C24H27N3O4S/c1-18(28)19-9-11-22(12-10-19)31-16-4-7-21-6-3-15-27(21)26-32(29,30)24-8-2-5-20-17-25-14-13-23(20)24/h2,5,8-14,17,21,26H,3-4,6-7,15-16H2,1H3. The predicted molar refractivity (Wildman–Crippen MR) is 123 cm³/mol. The number of carbonyl (C=O) groups is 1. The van der Waals surface area contributed by atoms with Crippen molar-refractivity contribution in [2.45, 2.75) is 43.5 Å². The van der Waals surface area contributed by atoms with Crippen LogP contribution < -0.4 is 9.57 Å². The van der Waals surface area contributed by atoms with Crippen molar-refractivity contribution in [3.05, 3.63) is 66.5 Å². The second-order valence-electron chi connectivity index (χ2n) is 8.01. The van der Waals surface area contributed by atoms with Crippen LogP contribution in [0.5, 0.6) is 5.75 Å². The van der Waals surface area contributed by atoms with Crippen molar-refractivity contribution < 1.29 is 17.9 Å². The van der Waals surface area contributed by atoms with Crippen LogP contribution in [0, 0.1) is 0 Å². The van der Waals surface area contributed by atoms with Crippen molar-refractivity contribution >= 4 is 26.6 Å². The van der Waals surface area contributed by atoms with Gasteiger partial charge in [-0.05, 0) is 69.0 Å². The first-order valence-electron chi connectivity index (χ1n) is 10.8. The first kappa shape index (κ1) is 22.4. The molecule has 0 radical (unpaired) electrons. The highest BCUT2D eigenvalue weighted by Gasteiger charge is 2.29. The zero-order valence-corrected chi connectivity index (χ0v) is 18.8. The lowest BCUT2D eigenvalue weighted by atomic mass is 10.1. The lowest BCUT2D eigenvalue weighted by Crippen LogP contribution is -2.45. The van der Waals surface area contributed by atoms with E-state index in [1.807, 2.05) is 11.1 Å². The average molecular weight is 454 g/mol. The summed E-state index contributed by atoms with van der Waals surface area (Å²) in [6.07, 6.45) is 6.79. The van der Waals surface area contributed by atoms with Gasteiger partial charge in [0.2, 0.25) is 0 Å². The molecule has 8 heteroatoms. The molecule has 3 aromatic rings. The van der Waals surface area contributed by atoms with E-state index >= 15 is 0 Å². The van der Waals surface area contributed by atoms with Gasteiger partial charge in [-0.1, -0.05) is 12.1 Å². The Hall–Kier alpha value is -2.81. The van der Waals surface area contributed by atoms with E-state index in [1.54, 1.807) is 54.9 Å². The van der Waals surface area contributed by atoms with Crippen molar-refractivity contribution in [2.75, 3.05) is 13.2 Å². The van der Waals surface area contributed by atoms with Gasteiger partial charge in [0.1, 0.15) is 5.75 Å². The average Bonchev–Trinajstić information content (AvgIpc) is 3.22. The predicted octanol–water partition coefficient (Wildman–Crippen LogP) is 3.95. The number of hydrogen-bond acceptors (Lipinski definition) is 6. The van der Waals surface area contributed by atoms with Crippen molar-refractivity contribution in [2.24, 2.45) is 0 Å². The molecule has 1 unspecified atom stereocenters. The molecule has 2 aromatic carbocycles. The summed E-state index contributed by atoms with van der Waals surface area (Å²) in [5.41, 5.74) is 0.661. The molecular weight excluding hydrogens is 426 g/mol. The molecule has 1 N–H and O–H groups in total. The summed E-state index contributed by atoms with van der Waals surface area (Å²) in [6, 6.07) is 14.2. The number of benzene rings is 2. The van der Waals surface area contributed by atoms with Crippen molar-refractivity contribution in [3.8, 4) is 5.75 Å². The van der Waals surface area contributed by atoms with Crippen LogP contribution in [0.4, 0.5) is 0 Å². The molecule has 0 amide bonds. The summed E-state index contributed by atoms with van der Waals surface area (Å²) in [5.74, 6) is 0.755. The highest BCUT2D eigenvalue weighted by Crippen LogP contribution is 2.25. The number of hydrazine groups is 1. The van der Waals surface area contributed by atoms with Gasteiger partial charge in [0, 0.05) is 41.3 Å². The third-order valence-corrected chi connectivity index (χ3v) is 7.17. The Kier molecular flexibility index (Phi) is 6.83. The van der Waals surface area contributed by atoms with Crippen LogP contribution in [0.1, 0.15) is 43.0 Å². The fourth-order valence-corrected chi connectivity index (χ4v) is 5.46. The zero-order chi connectivity index (χ0) is 22.6. The Morgan fingerprint density at radius 1 is 1.19 bits per heavy atom. The summed E-state index contributed by atoms with van der Waals surface area (Å²) >= 11 is 0. The van der Waals surface area contributed by atoms with Crippen LogP contribution in [-0.2, 0) is 10.0 Å². The molecule has 7 nitrogen and oxygen atoms in total. The molecule has 1 aliphatic heterocycles. The topological polar surface area (TPSA) is 88.6 Å².